The predicted octanol–water partition coefficient (Wildman–Crippen LogP) is 3.00. The minimum atomic E-state index is -0.113. The third kappa shape index (κ3) is 5.51. The largest absolute Gasteiger partial charge is 0.466 e. The molecule has 0 aromatic carbocycles. The Morgan fingerprint density at radius 2 is 2.00 bits per heavy atom. The smallest absolute Gasteiger partial charge is 0.305 e. The molecule has 1 amide bonds. The van der Waals surface area contributed by atoms with Crippen molar-refractivity contribution in [1.82, 2.24) is 4.90 Å². The topological polar surface area (TPSA) is 46.6 Å². The summed E-state index contributed by atoms with van der Waals surface area (Å²) < 4.78 is 4.89. The van der Waals surface area contributed by atoms with Crippen LogP contribution in [0.2, 0.25) is 0 Å². The first kappa shape index (κ1) is 17.0. The molecule has 1 fully saturated rings. The molecule has 0 aromatic rings. The average molecular weight is 283 g/mol. The predicted molar refractivity (Wildman–Crippen MR) is 79.2 cm³/mol. The number of likely N-dealkylation sites (tertiary alicyclic amines) is 1. The molecule has 1 aliphatic heterocycles. The van der Waals surface area contributed by atoms with Crippen LogP contribution in [0, 0.1) is 11.3 Å². The number of carbonyl (C=O) groups excluding carboxylic acids is 2. The number of hydrogen-bond donors (Lipinski definition) is 0. The lowest BCUT2D eigenvalue weighted by molar-refractivity contribution is -0.143. The van der Waals surface area contributed by atoms with Crippen LogP contribution in [0.1, 0.15) is 59.8 Å². The maximum Gasteiger partial charge on any atom is 0.305 e. The Balaban J connectivity index is 2.17. The fourth-order valence-electron chi connectivity index (χ4n) is 2.55. The van der Waals surface area contributed by atoms with Crippen molar-refractivity contribution < 1.29 is 14.3 Å². The molecule has 1 saturated heterocycles. The van der Waals surface area contributed by atoms with Crippen molar-refractivity contribution in [2.45, 2.75) is 59.8 Å². The summed E-state index contributed by atoms with van der Waals surface area (Å²) in [6, 6.07) is 0. The molecular weight excluding hydrogens is 254 g/mol. The summed E-state index contributed by atoms with van der Waals surface area (Å²) in [4.78, 5) is 25.1. The third-order valence-electron chi connectivity index (χ3n) is 4.05. The van der Waals surface area contributed by atoms with Gasteiger partial charge in [0.2, 0.25) is 5.91 Å². The summed E-state index contributed by atoms with van der Waals surface area (Å²) in [5, 5.41) is 0. The van der Waals surface area contributed by atoms with Gasteiger partial charge in [0.05, 0.1) is 6.61 Å². The van der Waals surface area contributed by atoms with Crippen molar-refractivity contribution in [3.8, 4) is 0 Å². The van der Waals surface area contributed by atoms with E-state index in [4.69, 9.17) is 4.74 Å². The zero-order valence-corrected chi connectivity index (χ0v) is 13.4. The van der Waals surface area contributed by atoms with E-state index in [-0.39, 0.29) is 17.3 Å². The fraction of sp³-hybridized carbons (Fsp3) is 0.875. The highest BCUT2D eigenvalue weighted by molar-refractivity contribution is 5.78. The van der Waals surface area contributed by atoms with Gasteiger partial charge in [-0.1, -0.05) is 27.2 Å². The molecule has 20 heavy (non-hydrogen) atoms. The van der Waals surface area contributed by atoms with Gasteiger partial charge in [-0.15, -0.1) is 0 Å². The standard InChI is InChI=1S/C16H29NO3/c1-5-20-15(19)9-7-6-8-10-17-12-13(11-14(17)18)16(2,3)4/h13H,5-12H2,1-4H3. The summed E-state index contributed by atoms with van der Waals surface area (Å²) in [5.74, 6) is 0.641. The van der Waals surface area contributed by atoms with Crippen molar-refractivity contribution in [3.63, 3.8) is 0 Å². The molecule has 0 aromatic heterocycles. The van der Waals surface area contributed by atoms with E-state index in [1.165, 1.54) is 0 Å². The van der Waals surface area contributed by atoms with E-state index in [0.29, 0.717) is 25.4 Å². The van der Waals surface area contributed by atoms with Gasteiger partial charge >= 0.3 is 5.97 Å². The number of carbonyl (C=O) groups is 2. The normalized spacial score (nSPS) is 19.5. The molecule has 1 unspecified atom stereocenters. The number of esters is 1. The lowest BCUT2D eigenvalue weighted by Gasteiger charge is -2.26. The molecule has 0 saturated carbocycles. The van der Waals surface area contributed by atoms with Crippen LogP contribution in [0.15, 0.2) is 0 Å². The Morgan fingerprint density at radius 3 is 2.55 bits per heavy atom. The second kappa shape index (κ2) is 7.65. The van der Waals surface area contributed by atoms with Crippen LogP contribution in [0.4, 0.5) is 0 Å². The maximum absolute atomic E-state index is 11.9. The van der Waals surface area contributed by atoms with Gasteiger partial charge in [-0.05, 0) is 31.1 Å². The van der Waals surface area contributed by atoms with Gasteiger partial charge in [0.25, 0.3) is 0 Å². The molecule has 4 nitrogen and oxygen atoms in total. The number of rotatable bonds is 7. The van der Waals surface area contributed by atoms with Crippen molar-refractivity contribution in [1.29, 1.82) is 0 Å². The maximum atomic E-state index is 11.9. The number of ether oxygens (including phenoxy) is 1. The second-order valence-corrected chi connectivity index (χ2v) is 6.72. The van der Waals surface area contributed by atoms with E-state index >= 15 is 0 Å². The van der Waals surface area contributed by atoms with Crippen LogP contribution < -0.4 is 0 Å². The number of amides is 1. The summed E-state index contributed by atoms with van der Waals surface area (Å²) in [6.45, 7) is 10.6. The lowest BCUT2D eigenvalue weighted by atomic mass is 9.80. The molecule has 0 bridgehead atoms. The number of unbranched alkanes of at least 4 members (excludes halogenated alkanes) is 2. The van der Waals surface area contributed by atoms with Crippen molar-refractivity contribution in [2.24, 2.45) is 11.3 Å². The molecule has 0 N–H and O–H groups in total. The number of hydrogen-bond acceptors (Lipinski definition) is 3. The van der Waals surface area contributed by atoms with Gasteiger partial charge in [-0.2, -0.15) is 0 Å². The van der Waals surface area contributed by atoms with Crippen LogP contribution in [0.25, 0.3) is 0 Å². The highest BCUT2D eigenvalue weighted by Gasteiger charge is 2.36. The first-order chi connectivity index (χ1) is 9.34. The van der Waals surface area contributed by atoms with Crippen molar-refractivity contribution >= 4 is 11.9 Å². The Bertz CT molecular complexity index is 333. The van der Waals surface area contributed by atoms with E-state index in [0.717, 1.165) is 32.4 Å². The van der Waals surface area contributed by atoms with E-state index in [2.05, 4.69) is 20.8 Å². The zero-order valence-electron chi connectivity index (χ0n) is 13.4. The first-order valence-electron chi connectivity index (χ1n) is 7.78. The molecule has 0 aliphatic carbocycles. The van der Waals surface area contributed by atoms with E-state index in [9.17, 15) is 9.59 Å². The van der Waals surface area contributed by atoms with E-state index in [1.807, 2.05) is 11.8 Å². The molecule has 0 radical (unpaired) electrons. The minimum Gasteiger partial charge on any atom is -0.466 e. The number of nitrogens with zero attached hydrogens (tertiary/aromatic N) is 1. The molecule has 0 spiro atoms. The highest BCUT2D eigenvalue weighted by atomic mass is 16.5. The molecule has 1 atom stereocenters. The van der Waals surface area contributed by atoms with Crippen molar-refractivity contribution in [2.75, 3.05) is 19.7 Å². The van der Waals surface area contributed by atoms with Crippen LogP contribution in [0.3, 0.4) is 0 Å². The minimum absolute atomic E-state index is 0.113. The van der Waals surface area contributed by atoms with Crippen LogP contribution in [0.5, 0.6) is 0 Å². The fourth-order valence-corrected chi connectivity index (χ4v) is 2.55. The average Bonchev–Trinajstić information content (AvgIpc) is 2.71. The quantitative estimate of drug-likeness (QED) is 0.533. The molecule has 1 heterocycles. The van der Waals surface area contributed by atoms with Gasteiger partial charge in [-0.25, -0.2) is 0 Å². The monoisotopic (exact) mass is 283 g/mol. The van der Waals surface area contributed by atoms with Crippen LogP contribution in [-0.2, 0) is 14.3 Å². The van der Waals surface area contributed by atoms with Gasteiger partial charge in [-0.3, -0.25) is 9.59 Å². The SMILES string of the molecule is CCOC(=O)CCCCCN1CC(C(C)(C)C)CC1=O. The summed E-state index contributed by atoms with van der Waals surface area (Å²) in [6.07, 6.45) is 3.98. The first-order valence-corrected chi connectivity index (χ1v) is 7.78. The van der Waals surface area contributed by atoms with E-state index < -0.39 is 0 Å². The van der Waals surface area contributed by atoms with Gasteiger partial charge in [0, 0.05) is 25.9 Å². The molecule has 1 aliphatic rings. The molecule has 1 rings (SSSR count). The summed E-state index contributed by atoms with van der Waals surface area (Å²) in [7, 11) is 0. The second-order valence-electron chi connectivity index (χ2n) is 6.72. The lowest BCUT2D eigenvalue weighted by Crippen LogP contribution is -2.28. The zero-order chi connectivity index (χ0) is 15.2. The van der Waals surface area contributed by atoms with Crippen LogP contribution in [-0.4, -0.2) is 36.5 Å². The van der Waals surface area contributed by atoms with Crippen molar-refractivity contribution in [3.05, 3.63) is 0 Å². The summed E-state index contributed by atoms with van der Waals surface area (Å²) >= 11 is 0. The Labute approximate surface area is 122 Å². The Kier molecular flexibility index (Phi) is 6.50. The molecule has 4 heteroatoms. The molecular formula is C16H29NO3. The Hall–Kier alpha value is -1.06. The summed E-state index contributed by atoms with van der Waals surface area (Å²) in [5.41, 5.74) is 0.203. The Morgan fingerprint density at radius 1 is 1.30 bits per heavy atom. The highest BCUT2D eigenvalue weighted by Crippen LogP contribution is 2.34. The van der Waals surface area contributed by atoms with E-state index in [1.54, 1.807) is 0 Å². The van der Waals surface area contributed by atoms with Gasteiger partial charge in [0.15, 0.2) is 0 Å². The van der Waals surface area contributed by atoms with Gasteiger partial charge < -0.3 is 9.64 Å². The molecule has 116 valence electrons. The third-order valence-corrected chi connectivity index (χ3v) is 4.05. The van der Waals surface area contributed by atoms with Crippen LogP contribution >= 0.6 is 0 Å². The van der Waals surface area contributed by atoms with Gasteiger partial charge in [0.1, 0.15) is 0 Å².